The molecule has 2 aromatic carbocycles. The van der Waals surface area contributed by atoms with Crippen LogP contribution >= 0.6 is 11.8 Å². The van der Waals surface area contributed by atoms with Crippen molar-refractivity contribution in [1.29, 1.82) is 0 Å². The topological polar surface area (TPSA) is 119 Å². The van der Waals surface area contributed by atoms with Gasteiger partial charge in [-0.25, -0.2) is 0 Å². The smallest absolute Gasteiger partial charge is 0.252 e. The molecule has 0 saturated carbocycles. The number of aliphatic hydroxyl groups excluding tert-OH is 3. The number of nitrogens with zero attached hydrogens (tertiary/aromatic N) is 1. The minimum Gasteiger partial charge on any atom is -0.387 e. The minimum atomic E-state index is -1.73. The van der Waals surface area contributed by atoms with Crippen molar-refractivity contribution < 1.29 is 29.6 Å². The van der Waals surface area contributed by atoms with Gasteiger partial charge in [-0.05, 0) is 17.7 Å². The average molecular weight is 473 g/mol. The van der Waals surface area contributed by atoms with Gasteiger partial charge in [-0.1, -0.05) is 54.6 Å². The predicted octanol–water partition coefficient (Wildman–Crippen LogP) is 1.05. The molecule has 0 aliphatic carbocycles. The summed E-state index contributed by atoms with van der Waals surface area (Å²) >= 11 is 1.43. The van der Waals surface area contributed by atoms with Gasteiger partial charge in [0.05, 0.1) is 5.69 Å². The van der Waals surface area contributed by atoms with Gasteiger partial charge in [-0.3, -0.25) is 9.59 Å². The van der Waals surface area contributed by atoms with Crippen LogP contribution in [0.2, 0.25) is 0 Å². The summed E-state index contributed by atoms with van der Waals surface area (Å²) in [6, 6.07) is 15.7. The van der Waals surface area contributed by atoms with Crippen LogP contribution < -0.4 is 10.2 Å². The third-order valence-electron chi connectivity index (χ3n) is 5.39. The van der Waals surface area contributed by atoms with Gasteiger partial charge in [0.15, 0.2) is 6.10 Å². The second kappa shape index (κ2) is 11.4. The third-order valence-corrected chi connectivity index (χ3v) is 6.54. The number of carbonyl (C=O) groups is 2. The number of carbonyl (C=O) groups excluding carboxylic acids is 2. The highest BCUT2D eigenvalue weighted by atomic mass is 32.2. The van der Waals surface area contributed by atoms with Gasteiger partial charge >= 0.3 is 0 Å². The molecule has 9 heteroatoms. The number of hydrogen-bond donors (Lipinski definition) is 4. The fourth-order valence-electron chi connectivity index (χ4n) is 3.48. The van der Waals surface area contributed by atoms with E-state index in [1.54, 1.807) is 13.1 Å². The van der Waals surface area contributed by atoms with E-state index in [9.17, 15) is 24.9 Å². The summed E-state index contributed by atoms with van der Waals surface area (Å²) in [6.07, 6.45) is -3.43. The standard InChI is InChI=1S/C24H28N2O6S/c1-26-17-10-6-7-11-19(17)33-14-16(24(26)31)25-23(30)22(32-2)21(29)20(28)18(27)13-12-15-8-4-3-5-9-15/h3-13,16,18,20-22,27-29H,14H2,1-2H3,(H,25,30)/b13-12+/t16?,18-,20+,21-,22-/m1/s1. The molecule has 0 saturated heterocycles. The zero-order chi connectivity index (χ0) is 24.0. The molecular formula is C24H28N2O6S. The number of nitrogens with one attached hydrogen (secondary N) is 1. The highest BCUT2D eigenvalue weighted by molar-refractivity contribution is 7.99. The maximum Gasteiger partial charge on any atom is 0.252 e. The molecule has 0 spiro atoms. The SMILES string of the molecule is CO[C@@H](C(=O)NC1CSc2ccccc2N(C)C1=O)[C@H](O)[C@@H](O)[C@H](O)/C=C/c1ccccc1. The monoisotopic (exact) mass is 472 g/mol. The third kappa shape index (κ3) is 6.01. The summed E-state index contributed by atoms with van der Waals surface area (Å²) in [6.45, 7) is 0. The van der Waals surface area contributed by atoms with Crippen LogP contribution in [0.5, 0.6) is 0 Å². The molecule has 1 unspecified atom stereocenters. The molecule has 0 bridgehead atoms. The Morgan fingerprint density at radius 1 is 1.12 bits per heavy atom. The molecule has 0 fully saturated rings. The molecular weight excluding hydrogens is 444 g/mol. The second-order valence-electron chi connectivity index (χ2n) is 7.64. The van der Waals surface area contributed by atoms with E-state index in [4.69, 9.17) is 4.74 Å². The van der Waals surface area contributed by atoms with E-state index in [1.165, 1.54) is 29.8 Å². The van der Waals surface area contributed by atoms with Crippen LogP contribution in [-0.4, -0.2) is 77.5 Å². The van der Waals surface area contributed by atoms with Crippen molar-refractivity contribution >= 4 is 35.3 Å². The number of amides is 2. The van der Waals surface area contributed by atoms with Crippen LogP contribution in [0.4, 0.5) is 5.69 Å². The molecule has 33 heavy (non-hydrogen) atoms. The first kappa shape index (κ1) is 24.9. The van der Waals surface area contributed by atoms with Crippen molar-refractivity contribution in [3.05, 3.63) is 66.2 Å². The van der Waals surface area contributed by atoms with Crippen molar-refractivity contribution in [2.24, 2.45) is 0 Å². The Balaban J connectivity index is 1.65. The number of ether oxygens (including phenoxy) is 1. The highest BCUT2D eigenvalue weighted by Gasteiger charge is 2.38. The number of methoxy groups -OCH3 is 1. The Morgan fingerprint density at radius 2 is 1.79 bits per heavy atom. The van der Waals surface area contributed by atoms with Crippen LogP contribution in [0.15, 0.2) is 65.6 Å². The molecule has 176 valence electrons. The van der Waals surface area contributed by atoms with Gasteiger partial charge in [0.25, 0.3) is 5.91 Å². The summed E-state index contributed by atoms with van der Waals surface area (Å²) in [5, 5.41) is 33.8. The lowest BCUT2D eigenvalue weighted by Gasteiger charge is -2.28. The van der Waals surface area contributed by atoms with Crippen LogP contribution in [0.25, 0.3) is 6.08 Å². The summed E-state index contributed by atoms with van der Waals surface area (Å²) < 4.78 is 5.12. The first-order valence-electron chi connectivity index (χ1n) is 10.4. The van der Waals surface area contributed by atoms with Gasteiger partial charge in [-0.2, -0.15) is 0 Å². The van der Waals surface area contributed by atoms with Crippen LogP contribution in [0.1, 0.15) is 5.56 Å². The maximum atomic E-state index is 12.9. The molecule has 2 amide bonds. The Labute approximate surface area is 196 Å². The van der Waals surface area contributed by atoms with Gasteiger partial charge in [0.1, 0.15) is 24.4 Å². The van der Waals surface area contributed by atoms with Crippen LogP contribution in [0, 0.1) is 0 Å². The van der Waals surface area contributed by atoms with E-state index >= 15 is 0 Å². The van der Waals surface area contributed by atoms with Crippen molar-refractivity contribution in [1.82, 2.24) is 5.32 Å². The Kier molecular flexibility index (Phi) is 8.65. The van der Waals surface area contributed by atoms with E-state index in [0.717, 1.165) is 16.1 Å². The Morgan fingerprint density at radius 3 is 2.48 bits per heavy atom. The van der Waals surface area contributed by atoms with Gasteiger partial charge in [0.2, 0.25) is 5.91 Å². The van der Waals surface area contributed by atoms with Gasteiger partial charge in [0, 0.05) is 24.8 Å². The lowest BCUT2D eigenvalue weighted by Crippen LogP contribution is -2.56. The Bertz CT molecular complexity index is 986. The molecule has 8 nitrogen and oxygen atoms in total. The zero-order valence-electron chi connectivity index (χ0n) is 18.4. The van der Waals surface area contributed by atoms with E-state index in [2.05, 4.69) is 5.32 Å². The number of para-hydroxylation sites is 1. The first-order valence-corrected chi connectivity index (χ1v) is 11.4. The van der Waals surface area contributed by atoms with E-state index in [-0.39, 0.29) is 5.91 Å². The number of benzene rings is 2. The number of thioether (sulfide) groups is 1. The molecule has 0 aromatic heterocycles. The fourth-order valence-corrected chi connectivity index (χ4v) is 4.58. The average Bonchev–Trinajstić information content (AvgIpc) is 2.95. The largest absolute Gasteiger partial charge is 0.387 e. The molecule has 1 heterocycles. The van der Waals surface area contributed by atoms with Crippen molar-refractivity contribution in [2.45, 2.75) is 35.4 Å². The molecule has 1 aliphatic rings. The Hall–Kier alpha value is -2.69. The van der Waals surface area contributed by atoms with Gasteiger partial charge in [-0.15, -0.1) is 11.8 Å². The molecule has 2 aromatic rings. The van der Waals surface area contributed by atoms with Crippen molar-refractivity contribution in [2.75, 3.05) is 24.8 Å². The molecule has 0 radical (unpaired) electrons. The number of hydrogen-bond acceptors (Lipinski definition) is 7. The van der Waals surface area contributed by atoms with Crippen molar-refractivity contribution in [3.8, 4) is 0 Å². The molecule has 3 rings (SSSR count). The molecule has 5 atom stereocenters. The number of likely N-dealkylation sites (N-methyl/N-ethyl adjacent to an activating group) is 1. The van der Waals surface area contributed by atoms with E-state index < -0.39 is 36.4 Å². The lowest BCUT2D eigenvalue weighted by atomic mass is 10.0. The quantitative estimate of drug-likeness (QED) is 0.453. The van der Waals surface area contributed by atoms with Crippen molar-refractivity contribution in [3.63, 3.8) is 0 Å². The molecule has 4 N–H and O–H groups in total. The summed E-state index contributed by atoms with van der Waals surface area (Å²) in [5.41, 5.74) is 1.55. The highest BCUT2D eigenvalue weighted by Crippen LogP contribution is 2.33. The van der Waals surface area contributed by atoms with E-state index in [0.29, 0.717) is 5.75 Å². The zero-order valence-corrected chi connectivity index (χ0v) is 19.2. The summed E-state index contributed by atoms with van der Waals surface area (Å²) in [5.74, 6) is -0.776. The number of fused-ring (bicyclic) bond motifs is 1. The number of aliphatic hydroxyl groups is 3. The van der Waals surface area contributed by atoms with Crippen LogP contribution in [0.3, 0.4) is 0 Å². The first-order chi connectivity index (χ1) is 15.8. The number of anilines is 1. The number of rotatable bonds is 8. The minimum absolute atomic E-state index is 0.295. The van der Waals surface area contributed by atoms with E-state index in [1.807, 2.05) is 54.6 Å². The predicted molar refractivity (Wildman–Crippen MR) is 127 cm³/mol. The molecule has 1 aliphatic heterocycles. The van der Waals surface area contributed by atoms with Gasteiger partial charge < -0.3 is 30.3 Å². The normalized spacial score (nSPS) is 20.0. The fraction of sp³-hybridized carbons (Fsp3) is 0.333. The maximum absolute atomic E-state index is 12.9. The summed E-state index contributed by atoms with van der Waals surface area (Å²) in [7, 11) is 2.84. The van der Waals surface area contributed by atoms with Crippen LogP contribution in [-0.2, 0) is 14.3 Å². The summed E-state index contributed by atoms with van der Waals surface area (Å²) in [4.78, 5) is 28.1. The second-order valence-corrected chi connectivity index (χ2v) is 8.70. The lowest BCUT2D eigenvalue weighted by molar-refractivity contribution is -0.150.